The van der Waals surface area contributed by atoms with E-state index in [-0.39, 0.29) is 17.9 Å². The van der Waals surface area contributed by atoms with E-state index < -0.39 is 17.7 Å². The Morgan fingerprint density at radius 2 is 1.61 bits per heavy atom. The number of carbonyl (C=O) groups is 2. The van der Waals surface area contributed by atoms with Crippen LogP contribution in [0.2, 0.25) is 0 Å². The molecule has 0 aromatic heterocycles. The van der Waals surface area contributed by atoms with E-state index in [4.69, 9.17) is 9.47 Å². The van der Waals surface area contributed by atoms with Crippen LogP contribution in [-0.2, 0) is 16.1 Å². The number of para-hydroxylation sites is 1. The van der Waals surface area contributed by atoms with Gasteiger partial charge in [-0.15, -0.1) is 0 Å². The number of carbonyl (C=O) groups excluding carboxylic acids is 2. The molecule has 0 spiro atoms. The van der Waals surface area contributed by atoms with Gasteiger partial charge in [0, 0.05) is 30.9 Å². The topological polar surface area (TPSA) is 79.3 Å². The van der Waals surface area contributed by atoms with E-state index in [0.29, 0.717) is 17.1 Å². The largest absolute Gasteiger partial charge is 0.507 e. The van der Waals surface area contributed by atoms with Gasteiger partial charge >= 0.3 is 0 Å². The fourth-order valence-corrected chi connectivity index (χ4v) is 4.54. The van der Waals surface area contributed by atoms with E-state index in [0.717, 1.165) is 22.4 Å². The number of hydrogen-bond acceptors (Lipinski definition) is 6. The summed E-state index contributed by atoms with van der Waals surface area (Å²) in [6, 6.07) is 19.4. The van der Waals surface area contributed by atoms with Crippen molar-refractivity contribution in [1.29, 1.82) is 0 Å². The first-order valence-electron chi connectivity index (χ1n) is 11.6. The third-order valence-corrected chi connectivity index (χ3v) is 6.47. The van der Waals surface area contributed by atoms with Crippen LogP contribution in [0.1, 0.15) is 28.3 Å². The second-order valence-corrected chi connectivity index (χ2v) is 8.91. The van der Waals surface area contributed by atoms with Crippen molar-refractivity contribution in [3.05, 3.63) is 94.6 Å². The lowest BCUT2D eigenvalue weighted by atomic mass is 9.94. The number of hydrogen-bond donors (Lipinski definition) is 1. The molecule has 7 heteroatoms. The minimum Gasteiger partial charge on any atom is -0.507 e. The molecule has 0 saturated carbocycles. The van der Waals surface area contributed by atoms with Gasteiger partial charge < -0.3 is 24.4 Å². The molecule has 1 unspecified atom stereocenters. The summed E-state index contributed by atoms with van der Waals surface area (Å²) in [7, 11) is 7.02. The van der Waals surface area contributed by atoms with Gasteiger partial charge in [-0.3, -0.25) is 9.59 Å². The summed E-state index contributed by atoms with van der Waals surface area (Å²) in [6.45, 7) is 2.00. The summed E-state index contributed by atoms with van der Waals surface area (Å²) in [4.78, 5) is 30.2. The maximum absolute atomic E-state index is 13.4. The number of aliphatic hydroxyl groups excluding tert-OH is 1. The van der Waals surface area contributed by atoms with Gasteiger partial charge in [0.2, 0.25) is 0 Å². The van der Waals surface area contributed by atoms with Crippen molar-refractivity contribution >= 4 is 23.1 Å². The molecular formula is C29H30N2O5. The predicted molar refractivity (Wildman–Crippen MR) is 139 cm³/mol. The van der Waals surface area contributed by atoms with Gasteiger partial charge in [0.25, 0.3) is 11.7 Å². The molecule has 3 aromatic rings. The van der Waals surface area contributed by atoms with Gasteiger partial charge in [0.15, 0.2) is 0 Å². The van der Waals surface area contributed by atoms with Crippen LogP contribution in [0.25, 0.3) is 5.76 Å². The number of benzene rings is 3. The maximum Gasteiger partial charge on any atom is 0.295 e. The molecule has 1 N–H and O–H groups in total. The summed E-state index contributed by atoms with van der Waals surface area (Å²) in [5.41, 5.74) is 3.76. The van der Waals surface area contributed by atoms with Crippen LogP contribution in [0.4, 0.5) is 5.69 Å². The highest BCUT2D eigenvalue weighted by atomic mass is 16.5. The average Bonchev–Trinajstić information content (AvgIpc) is 3.13. The monoisotopic (exact) mass is 486 g/mol. The number of aryl methyl sites for hydroxylation is 1. The molecular weight excluding hydrogens is 456 g/mol. The molecule has 1 atom stereocenters. The van der Waals surface area contributed by atoms with Crippen LogP contribution in [0, 0.1) is 6.92 Å². The zero-order valence-corrected chi connectivity index (χ0v) is 21.1. The number of amides is 1. The summed E-state index contributed by atoms with van der Waals surface area (Å²) in [5.74, 6) is -0.332. The number of rotatable bonds is 7. The summed E-state index contributed by atoms with van der Waals surface area (Å²) >= 11 is 0. The number of nitrogens with zero attached hydrogens (tertiary/aromatic N) is 2. The smallest absolute Gasteiger partial charge is 0.295 e. The molecule has 0 aliphatic carbocycles. The first-order chi connectivity index (χ1) is 17.3. The minimum atomic E-state index is -0.770. The molecule has 186 valence electrons. The van der Waals surface area contributed by atoms with E-state index in [9.17, 15) is 14.7 Å². The summed E-state index contributed by atoms with van der Waals surface area (Å²) < 4.78 is 10.8. The van der Waals surface area contributed by atoms with E-state index in [2.05, 4.69) is 0 Å². The lowest BCUT2D eigenvalue weighted by molar-refractivity contribution is -0.140. The van der Waals surface area contributed by atoms with Crippen LogP contribution in [0.15, 0.2) is 72.3 Å². The second-order valence-electron chi connectivity index (χ2n) is 8.91. The van der Waals surface area contributed by atoms with Crippen molar-refractivity contribution in [3.63, 3.8) is 0 Å². The van der Waals surface area contributed by atoms with E-state index >= 15 is 0 Å². The normalized spacial score (nSPS) is 16.8. The second kappa shape index (κ2) is 10.2. The van der Waals surface area contributed by atoms with Crippen molar-refractivity contribution in [2.45, 2.75) is 19.5 Å². The molecule has 1 fully saturated rings. The lowest BCUT2D eigenvalue weighted by Crippen LogP contribution is -2.29. The van der Waals surface area contributed by atoms with Gasteiger partial charge in [0.1, 0.15) is 17.3 Å². The minimum absolute atomic E-state index is 0.0528. The molecule has 0 bridgehead atoms. The Kier molecular flexibility index (Phi) is 7.01. The molecule has 1 amide bonds. The first kappa shape index (κ1) is 24.9. The van der Waals surface area contributed by atoms with Crippen LogP contribution in [0.3, 0.4) is 0 Å². The number of anilines is 1. The number of Topliss-reactive ketones (excluding diaryl/α,β-unsaturated/α-hetero) is 1. The predicted octanol–water partition coefficient (Wildman–Crippen LogP) is 4.70. The zero-order chi connectivity index (χ0) is 26.0. The molecule has 3 aromatic carbocycles. The van der Waals surface area contributed by atoms with Crippen LogP contribution in [0.5, 0.6) is 11.5 Å². The SMILES string of the molecule is COc1ccc(/C(O)=C2/C(=O)C(=O)N(Cc3ccccc3OC)C2c2ccc(N(C)C)cc2)cc1C. The quantitative estimate of drug-likeness (QED) is 0.296. The van der Waals surface area contributed by atoms with Crippen LogP contribution >= 0.6 is 0 Å². The average molecular weight is 487 g/mol. The third-order valence-electron chi connectivity index (χ3n) is 6.47. The lowest BCUT2D eigenvalue weighted by Gasteiger charge is -2.26. The zero-order valence-electron chi connectivity index (χ0n) is 21.1. The van der Waals surface area contributed by atoms with E-state index in [1.165, 1.54) is 4.90 Å². The molecule has 4 rings (SSSR count). The van der Waals surface area contributed by atoms with Gasteiger partial charge in [-0.25, -0.2) is 0 Å². The van der Waals surface area contributed by atoms with Gasteiger partial charge in [-0.05, 0) is 54.4 Å². The van der Waals surface area contributed by atoms with Crippen LogP contribution < -0.4 is 14.4 Å². The molecule has 1 aliphatic rings. The van der Waals surface area contributed by atoms with Crippen LogP contribution in [-0.4, -0.2) is 50.0 Å². The van der Waals surface area contributed by atoms with Crippen molar-refractivity contribution in [2.75, 3.05) is 33.2 Å². The fourth-order valence-electron chi connectivity index (χ4n) is 4.54. The Hall–Kier alpha value is -4.26. The highest BCUT2D eigenvalue weighted by Crippen LogP contribution is 2.41. The van der Waals surface area contributed by atoms with E-state index in [1.54, 1.807) is 32.4 Å². The number of ether oxygens (including phenoxy) is 2. The van der Waals surface area contributed by atoms with Gasteiger partial charge in [-0.2, -0.15) is 0 Å². The number of likely N-dealkylation sites (tertiary alicyclic amines) is 1. The Morgan fingerprint density at radius 3 is 2.22 bits per heavy atom. The molecule has 0 radical (unpaired) electrons. The molecule has 1 heterocycles. The first-order valence-corrected chi connectivity index (χ1v) is 11.6. The molecule has 1 saturated heterocycles. The van der Waals surface area contributed by atoms with Gasteiger partial charge in [-0.1, -0.05) is 30.3 Å². The van der Waals surface area contributed by atoms with Crippen molar-refractivity contribution in [2.24, 2.45) is 0 Å². The Labute approximate surface area is 211 Å². The fraction of sp³-hybridized carbons (Fsp3) is 0.241. The Morgan fingerprint density at radius 1 is 0.944 bits per heavy atom. The highest BCUT2D eigenvalue weighted by molar-refractivity contribution is 6.46. The Balaban J connectivity index is 1.87. The number of methoxy groups -OCH3 is 2. The van der Waals surface area contributed by atoms with Crippen molar-refractivity contribution < 1.29 is 24.2 Å². The summed E-state index contributed by atoms with van der Waals surface area (Å²) in [6.07, 6.45) is 0. The van der Waals surface area contributed by atoms with Crippen molar-refractivity contribution in [3.8, 4) is 11.5 Å². The van der Waals surface area contributed by atoms with Crippen molar-refractivity contribution in [1.82, 2.24) is 4.90 Å². The summed E-state index contributed by atoms with van der Waals surface area (Å²) in [5, 5.41) is 11.4. The number of aliphatic hydroxyl groups is 1. The standard InChI is InChI=1S/C29H30N2O5/c1-18-16-20(12-15-23(18)35-4)27(32)25-26(19-10-13-22(14-11-19)30(2)3)31(29(34)28(25)33)17-21-8-6-7-9-24(21)36-5/h6-16,26,32H,17H2,1-5H3/b27-25-. The van der Waals surface area contributed by atoms with Gasteiger partial charge in [0.05, 0.1) is 32.4 Å². The molecule has 7 nitrogen and oxygen atoms in total. The van der Waals surface area contributed by atoms with E-state index in [1.807, 2.05) is 74.4 Å². The number of ketones is 1. The molecule has 1 aliphatic heterocycles. The highest BCUT2D eigenvalue weighted by Gasteiger charge is 2.46. The molecule has 36 heavy (non-hydrogen) atoms. The Bertz CT molecular complexity index is 1330. The maximum atomic E-state index is 13.4. The third kappa shape index (κ3) is 4.52.